The van der Waals surface area contributed by atoms with Crippen LogP contribution in [0.15, 0.2) is 95.5 Å². The molecular formula is C33H30F3N7O5S. The van der Waals surface area contributed by atoms with E-state index in [-0.39, 0.29) is 29.0 Å². The molecule has 49 heavy (non-hydrogen) atoms. The van der Waals surface area contributed by atoms with Crippen molar-refractivity contribution in [3.8, 4) is 5.75 Å². The number of pyridine rings is 1. The highest BCUT2D eigenvalue weighted by molar-refractivity contribution is 7.91. The summed E-state index contributed by atoms with van der Waals surface area (Å²) in [6, 6.07) is 17.5. The Labute approximate surface area is 278 Å². The monoisotopic (exact) mass is 693 g/mol. The maximum Gasteiger partial charge on any atom is 0.403 e. The van der Waals surface area contributed by atoms with Crippen molar-refractivity contribution in [2.24, 2.45) is 0 Å². The van der Waals surface area contributed by atoms with E-state index in [1.165, 1.54) is 6.20 Å². The van der Waals surface area contributed by atoms with Crippen molar-refractivity contribution >= 4 is 38.1 Å². The first-order valence-electron chi connectivity index (χ1n) is 14.9. The number of morpholine rings is 1. The third-order valence-electron chi connectivity index (χ3n) is 7.79. The molecule has 0 spiro atoms. The molecule has 0 aliphatic carbocycles. The van der Waals surface area contributed by atoms with Crippen LogP contribution in [0.5, 0.6) is 5.75 Å². The molecule has 16 heteroatoms. The van der Waals surface area contributed by atoms with Crippen molar-refractivity contribution in [2.45, 2.75) is 23.8 Å². The molecule has 1 unspecified atom stereocenters. The number of anilines is 2. The van der Waals surface area contributed by atoms with Crippen LogP contribution >= 0.6 is 0 Å². The van der Waals surface area contributed by atoms with Gasteiger partial charge in [0.2, 0.25) is 5.95 Å². The average molecular weight is 694 g/mol. The van der Waals surface area contributed by atoms with Gasteiger partial charge in [-0.15, -0.1) is 0 Å². The number of sulfone groups is 1. The lowest BCUT2D eigenvalue weighted by molar-refractivity contribution is -0.106. The van der Waals surface area contributed by atoms with Crippen LogP contribution in [0.25, 0.3) is 16.6 Å². The highest BCUT2D eigenvalue weighted by Crippen LogP contribution is 2.27. The van der Waals surface area contributed by atoms with Gasteiger partial charge in [0, 0.05) is 34.9 Å². The van der Waals surface area contributed by atoms with E-state index in [1.807, 2.05) is 13.1 Å². The predicted octanol–water partition coefficient (Wildman–Crippen LogP) is 4.44. The number of alkyl halides is 3. The molecule has 1 aliphatic heterocycles. The zero-order chi connectivity index (χ0) is 34.8. The van der Waals surface area contributed by atoms with E-state index in [4.69, 9.17) is 9.47 Å². The fraction of sp³-hybridized carbons (Fsp3) is 0.242. The van der Waals surface area contributed by atoms with Gasteiger partial charge in [0.1, 0.15) is 11.4 Å². The predicted molar refractivity (Wildman–Crippen MR) is 175 cm³/mol. The van der Waals surface area contributed by atoms with E-state index < -0.39 is 38.8 Å². The summed E-state index contributed by atoms with van der Waals surface area (Å²) in [6.45, 7) is 5.44. The van der Waals surface area contributed by atoms with Crippen molar-refractivity contribution < 1.29 is 31.1 Å². The third-order valence-corrected chi connectivity index (χ3v) is 9.53. The van der Waals surface area contributed by atoms with E-state index in [9.17, 15) is 26.4 Å². The number of hydrogen-bond acceptors (Lipinski definition) is 11. The quantitative estimate of drug-likeness (QED) is 0.222. The zero-order valence-corrected chi connectivity index (χ0v) is 26.9. The molecule has 1 atom stereocenters. The average Bonchev–Trinajstić information content (AvgIpc) is 3.07. The van der Waals surface area contributed by atoms with Crippen molar-refractivity contribution in [1.29, 1.82) is 0 Å². The molecular weight excluding hydrogens is 663 g/mol. The van der Waals surface area contributed by atoms with Crippen LogP contribution < -0.4 is 15.6 Å². The highest BCUT2D eigenvalue weighted by Gasteiger charge is 2.37. The van der Waals surface area contributed by atoms with Gasteiger partial charge in [-0.2, -0.15) is 28.4 Å². The minimum atomic E-state index is -5.00. The Balaban J connectivity index is 1.38. The van der Waals surface area contributed by atoms with Gasteiger partial charge in [-0.3, -0.25) is 14.3 Å². The summed E-state index contributed by atoms with van der Waals surface area (Å²) in [4.78, 5) is 24.4. The van der Waals surface area contributed by atoms with Crippen molar-refractivity contribution in [1.82, 2.24) is 29.6 Å². The van der Waals surface area contributed by atoms with Crippen LogP contribution in [0.4, 0.5) is 24.8 Å². The van der Waals surface area contributed by atoms with Crippen LogP contribution in [0.2, 0.25) is 0 Å². The van der Waals surface area contributed by atoms with E-state index in [2.05, 4.69) is 37.0 Å². The molecule has 1 N–H and O–H groups in total. The summed E-state index contributed by atoms with van der Waals surface area (Å²) in [5.74, 6) is -1.39. The maximum atomic E-state index is 14.1. The number of benzene rings is 2. The van der Waals surface area contributed by atoms with Gasteiger partial charge in [0.25, 0.3) is 5.56 Å². The van der Waals surface area contributed by atoms with Gasteiger partial charge < -0.3 is 14.8 Å². The molecule has 2 aromatic carbocycles. The van der Waals surface area contributed by atoms with Gasteiger partial charge in [0.15, 0.2) is 21.8 Å². The second kappa shape index (κ2) is 13.7. The highest BCUT2D eigenvalue weighted by atomic mass is 32.2. The van der Waals surface area contributed by atoms with Crippen molar-refractivity contribution in [3.05, 3.63) is 113 Å². The summed E-state index contributed by atoms with van der Waals surface area (Å²) >= 11 is 0. The molecule has 1 fully saturated rings. The summed E-state index contributed by atoms with van der Waals surface area (Å²) < 4.78 is 78.0. The molecule has 12 nitrogen and oxygen atoms in total. The molecule has 0 amide bonds. The molecule has 0 saturated carbocycles. The number of fused-ring (bicyclic) bond motifs is 1. The van der Waals surface area contributed by atoms with Crippen LogP contribution in [0.3, 0.4) is 0 Å². The molecule has 5 aromatic rings. The Morgan fingerprint density at radius 1 is 1.08 bits per heavy atom. The number of hydrogen-bond donors (Lipinski definition) is 1. The Bertz CT molecular complexity index is 2160. The SMILES string of the molecule is C=C(c1ccccc1)c1cc2cnc(Nc3ccc(OC4COCCN4C)cc3)nc2n(Cc2cnncc2S(=O)(=O)CC(F)(F)F)c1=O. The zero-order valence-electron chi connectivity index (χ0n) is 26.1. The molecule has 1 aliphatic rings. The fourth-order valence-corrected chi connectivity index (χ4v) is 6.58. The summed E-state index contributed by atoms with van der Waals surface area (Å²) in [5.41, 5.74) is 1.08. The minimum absolute atomic E-state index is 0.0865. The molecule has 254 valence electrons. The van der Waals surface area contributed by atoms with Crippen LogP contribution in [0.1, 0.15) is 16.7 Å². The molecule has 1 saturated heterocycles. The smallest absolute Gasteiger partial charge is 0.403 e. The summed E-state index contributed by atoms with van der Waals surface area (Å²) in [6.07, 6.45) is -2.00. The standard InChI is InChI=1S/C33H30F3N7O5S/c1-21(22-6-4-3-5-7-22)27-14-23-15-37-32(40-25-8-10-26(11-9-25)48-29-19-47-13-12-42(29)2)41-30(23)43(31(27)44)18-24-16-38-39-17-28(24)49(45,46)20-33(34,35)36/h3-11,14-17,29H,1,12-13,18-20H2,2H3,(H,37,40,41). The van der Waals surface area contributed by atoms with E-state index in [0.717, 1.165) is 23.5 Å². The Hall–Kier alpha value is -5.19. The van der Waals surface area contributed by atoms with Gasteiger partial charge in [-0.1, -0.05) is 36.9 Å². The molecule has 0 radical (unpaired) electrons. The minimum Gasteiger partial charge on any atom is -0.473 e. The number of nitrogens with one attached hydrogen (secondary N) is 1. The van der Waals surface area contributed by atoms with Crippen LogP contribution in [-0.2, 0) is 21.1 Å². The van der Waals surface area contributed by atoms with E-state index in [1.54, 1.807) is 54.6 Å². The Morgan fingerprint density at radius 3 is 2.53 bits per heavy atom. The maximum absolute atomic E-state index is 14.1. The fourth-order valence-electron chi connectivity index (χ4n) is 5.27. The molecule has 6 rings (SSSR count). The number of rotatable bonds is 10. The number of likely N-dealkylation sites (N-methyl/N-ethyl adjacent to an activating group) is 1. The van der Waals surface area contributed by atoms with Gasteiger partial charge in [-0.25, -0.2) is 13.4 Å². The molecule has 0 bridgehead atoms. The van der Waals surface area contributed by atoms with E-state index >= 15 is 0 Å². The Kier molecular flexibility index (Phi) is 9.45. The number of aromatic nitrogens is 5. The first-order chi connectivity index (χ1) is 23.4. The van der Waals surface area contributed by atoms with Gasteiger partial charge in [0.05, 0.1) is 37.0 Å². The lowest BCUT2D eigenvalue weighted by atomic mass is 10.00. The summed E-state index contributed by atoms with van der Waals surface area (Å²) in [5, 5.41) is 10.7. The lowest BCUT2D eigenvalue weighted by Crippen LogP contribution is -2.46. The first-order valence-corrected chi connectivity index (χ1v) is 16.6. The second-order valence-corrected chi connectivity index (χ2v) is 13.3. The summed E-state index contributed by atoms with van der Waals surface area (Å²) in [7, 11) is -2.94. The first kappa shape index (κ1) is 33.7. The third kappa shape index (κ3) is 7.77. The number of nitrogens with zero attached hydrogens (tertiary/aromatic N) is 6. The lowest BCUT2D eigenvalue weighted by Gasteiger charge is -2.32. The number of ether oxygens (including phenoxy) is 2. The topological polar surface area (TPSA) is 141 Å². The van der Waals surface area contributed by atoms with Crippen LogP contribution in [0, 0.1) is 0 Å². The van der Waals surface area contributed by atoms with Crippen LogP contribution in [-0.4, -0.2) is 83.0 Å². The molecule has 4 heterocycles. The van der Waals surface area contributed by atoms with Gasteiger partial charge >= 0.3 is 6.18 Å². The van der Waals surface area contributed by atoms with E-state index in [0.29, 0.717) is 41.2 Å². The van der Waals surface area contributed by atoms with Crippen molar-refractivity contribution in [3.63, 3.8) is 0 Å². The Morgan fingerprint density at radius 2 is 1.82 bits per heavy atom. The number of halogens is 3. The van der Waals surface area contributed by atoms with Crippen molar-refractivity contribution in [2.75, 3.05) is 37.9 Å². The second-order valence-electron chi connectivity index (χ2n) is 11.3. The largest absolute Gasteiger partial charge is 0.473 e. The molecule has 3 aromatic heterocycles. The van der Waals surface area contributed by atoms with Gasteiger partial charge in [-0.05, 0) is 48.5 Å². The normalized spacial score (nSPS) is 15.6.